The normalized spacial score (nSPS) is 11.8. The van der Waals surface area contributed by atoms with Crippen LogP contribution in [-0.2, 0) is 0 Å². The first-order valence-corrected chi connectivity index (χ1v) is 17.8. The number of pyridine rings is 1. The van der Waals surface area contributed by atoms with Gasteiger partial charge in [0, 0.05) is 64.2 Å². The van der Waals surface area contributed by atoms with Crippen molar-refractivity contribution in [2.75, 3.05) is 0 Å². The van der Waals surface area contributed by atoms with E-state index in [1.165, 1.54) is 0 Å². The van der Waals surface area contributed by atoms with E-state index in [0.717, 1.165) is 56.7 Å². The molecule has 0 aliphatic rings. The Morgan fingerprint density at radius 2 is 0.588 bits per heavy atom. The monoisotopic (exact) mass is 678 g/mol. The van der Waals surface area contributed by atoms with Gasteiger partial charge in [-0.15, -0.1) is 0 Å². The van der Waals surface area contributed by atoms with Crippen molar-refractivity contribution in [1.29, 1.82) is 0 Å². The second-order valence-corrected chi connectivity index (χ2v) is 14.5. The summed E-state index contributed by atoms with van der Waals surface area (Å²) in [5.41, 5.74) is 5.49. The van der Waals surface area contributed by atoms with Crippen molar-refractivity contribution in [3.05, 3.63) is 96.1 Å². The van der Waals surface area contributed by atoms with E-state index in [4.69, 9.17) is 44.9 Å². The summed E-state index contributed by atoms with van der Waals surface area (Å²) in [5.74, 6) is 7.07. The van der Waals surface area contributed by atoms with Gasteiger partial charge in [0.15, 0.2) is 23.3 Å². The van der Waals surface area contributed by atoms with Crippen LogP contribution < -0.4 is 0 Å². The Labute approximate surface area is 300 Å². The van der Waals surface area contributed by atoms with Crippen LogP contribution in [0.2, 0.25) is 0 Å². The molecule has 0 saturated carbocycles. The molecule has 10 nitrogen and oxygen atoms in total. The summed E-state index contributed by atoms with van der Waals surface area (Å²) in [6.07, 6.45) is 3.59. The average molecular weight is 679 g/mol. The Bertz CT molecular complexity index is 2090. The molecule has 0 aliphatic heterocycles. The predicted octanol–water partition coefficient (Wildman–Crippen LogP) is 9.59. The van der Waals surface area contributed by atoms with Crippen LogP contribution >= 0.6 is 0 Å². The van der Waals surface area contributed by atoms with Crippen molar-refractivity contribution in [2.24, 2.45) is 0 Å². The number of hydrogen-bond donors (Lipinski definition) is 0. The highest BCUT2D eigenvalue weighted by atomic mass is 15.1. The van der Waals surface area contributed by atoms with Crippen LogP contribution in [-0.4, -0.2) is 49.8 Å². The molecule has 0 spiro atoms. The molecular formula is C41H46N10. The molecule has 0 aliphatic carbocycles. The van der Waals surface area contributed by atoms with Gasteiger partial charge in [-0.1, -0.05) is 93.5 Å². The Balaban J connectivity index is 1.48. The molecule has 0 amide bonds. The van der Waals surface area contributed by atoms with Gasteiger partial charge in [0.25, 0.3) is 0 Å². The number of benzene rings is 2. The van der Waals surface area contributed by atoms with Gasteiger partial charge in [0.2, 0.25) is 0 Å². The first-order chi connectivity index (χ1) is 24.4. The van der Waals surface area contributed by atoms with Crippen molar-refractivity contribution in [3.8, 4) is 56.7 Å². The Kier molecular flexibility index (Phi) is 10.3. The van der Waals surface area contributed by atoms with Gasteiger partial charge in [-0.05, 0) is 41.5 Å². The zero-order valence-electron chi connectivity index (χ0n) is 31.2. The largest absolute Gasteiger partial charge is 0.265 e. The third-order valence-corrected chi connectivity index (χ3v) is 8.44. The molecule has 0 fully saturated rings. The first kappa shape index (κ1) is 35.4. The molecular weight excluding hydrogens is 633 g/mol. The van der Waals surface area contributed by atoms with E-state index in [1.54, 1.807) is 12.4 Å². The highest BCUT2D eigenvalue weighted by Gasteiger charge is 2.19. The fourth-order valence-corrected chi connectivity index (χ4v) is 5.38. The van der Waals surface area contributed by atoms with Crippen molar-refractivity contribution < 1.29 is 0 Å². The second kappa shape index (κ2) is 14.8. The Morgan fingerprint density at radius 1 is 0.294 bits per heavy atom. The van der Waals surface area contributed by atoms with Crippen LogP contribution in [0.1, 0.15) is 128 Å². The van der Waals surface area contributed by atoms with E-state index in [1.807, 2.05) is 36.4 Å². The standard InChI is InChI=1S/C41H46N10/c1-22(2)33-43-34(23(3)4)46-38(45-33)28-11-13-29(14-12-28)39-47-37(26(9)10)50-41(51-39)32-20-30(27-15-17-42-18-16-27)19-31(21-32)40-48-35(24(5)6)44-36(49-40)25(7)8/h11-26H,1-10H3. The van der Waals surface area contributed by atoms with Gasteiger partial charge in [-0.2, -0.15) is 0 Å². The van der Waals surface area contributed by atoms with Gasteiger partial charge in [-0.25, -0.2) is 44.9 Å². The third-order valence-electron chi connectivity index (χ3n) is 8.44. The molecule has 4 heterocycles. The molecule has 4 aromatic heterocycles. The molecule has 51 heavy (non-hydrogen) atoms. The molecule has 2 aromatic carbocycles. The smallest absolute Gasteiger partial charge is 0.163 e. The highest BCUT2D eigenvalue weighted by Crippen LogP contribution is 2.33. The van der Waals surface area contributed by atoms with E-state index in [2.05, 4.69) is 92.4 Å². The first-order valence-electron chi connectivity index (χ1n) is 17.8. The quantitative estimate of drug-likeness (QED) is 0.138. The van der Waals surface area contributed by atoms with Gasteiger partial charge in [0.1, 0.15) is 29.1 Å². The maximum atomic E-state index is 5.07. The van der Waals surface area contributed by atoms with Crippen molar-refractivity contribution in [1.82, 2.24) is 49.8 Å². The lowest BCUT2D eigenvalue weighted by molar-refractivity contribution is 0.697. The molecule has 6 aromatic rings. The van der Waals surface area contributed by atoms with Crippen LogP contribution in [0, 0.1) is 0 Å². The Hall–Kier alpha value is -5.38. The van der Waals surface area contributed by atoms with Gasteiger partial charge in [-0.3, -0.25) is 4.98 Å². The van der Waals surface area contributed by atoms with E-state index in [9.17, 15) is 0 Å². The summed E-state index contributed by atoms with van der Waals surface area (Å²) in [5, 5.41) is 0. The fraction of sp³-hybridized carbons (Fsp3) is 0.366. The molecule has 0 N–H and O–H groups in total. The lowest BCUT2D eigenvalue weighted by Gasteiger charge is -2.14. The molecule has 10 heteroatoms. The van der Waals surface area contributed by atoms with Gasteiger partial charge < -0.3 is 0 Å². The zero-order valence-corrected chi connectivity index (χ0v) is 31.2. The van der Waals surface area contributed by atoms with Gasteiger partial charge in [0.05, 0.1) is 0 Å². The third kappa shape index (κ3) is 8.01. The van der Waals surface area contributed by atoms with E-state index >= 15 is 0 Å². The minimum Gasteiger partial charge on any atom is -0.265 e. The summed E-state index contributed by atoms with van der Waals surface area (Å²) in [7, 11) is 0. The van der Waals surface area contributed by atoms with Crippen LogP contribution in [0.25, 0.3) is 56.7 Å². The minimum absolute atomic E-state index is 0.0764. The lowest BCUT2D eigenvalue weighted by atomic mass is 9.99. The van der Waals surface area contributed by atoms with Crippen molar-refractivity contribution in [2.45, 2.75) is 98.8 Å². The van der Waals surface area contributed by atoms with E-state index in [-0.39, 0.29) is 29.6 Å². The number of rotatable bonds is 10. The SMILES string of the molecule is CC(C)c1nc(-c2ccc(-c3nc(C(C)C)nc(C(C)C)n3)cc2)nc(-c2cc(-c3ccncc3)cc(-c3nc(C(C)C)nc(C(C)C)n3)c2)n1. The van der Waals surface area contributed by atoms with Crippen LogP contribution in [0.5, 0.6) is 0 Å². The summed E-state index contributed by atoms with van der Waals surface area (Å²) in [6, 6.07) is 18.4. The maximum absolute atomic E-state index is 5.07. The molecule has 0 bridgehead atoms. The van der Waals surface area contributed by atoms with E-state index < -0.39 is 0 Å². The van der Waals surface area contributed by atoms with Crippen LogP contribution in [0.4, 0.5) is 0 Å². The molecule has 0 atom stereocenters. The second-order valence-electron chi connectivity index (χ2n) is 14.5. The molecule has 0 saturated heterocycles. The van der Waals surface area contributed by atoms with Crippen LogP contribution in [0.15, 0.2) is 67.0 Å². The average Bonchev–Trinajstić information content (AvgIpc) is 3.14. The summed E-state index contributed by atoms with van der Waals surface area (Å²) in [4.78, 5) is 48.1. The van der Waals surface area contributed by atoms with Gasteiger partial charge >= 0.3 is 0 Å². The Morgan fingerprint density at radius 3 is 0.961 bits per heavy atom. The topological polar surface area (TPSA) is 129 Å². The number of aromatic nitrogens is 10. The summed E-state index contributed by atoms with van der Waals surface area (Å²) >= 11 is 0. The minimum atomic E-state index is 0.0764. The summed E-state index contributed by atoms with van der Waals surface area (Å²) in [6.45, 7) is 21.0. The molecule has 6 rings (SSSR count). The fourth-order valence-electron chi connectivity index (χ4n) is 5.38. The summed E-state index contributed by atoms with van der Waals surface area (Å²) < 4.78 is 0. The van der Waals surface area contributed by atoms with Crippen molar-refractivity contribution in [3.63, 3.8) is 0 Å². The van der Waals surface area contributed by atoms with E-state index in [0.29, 0.717) is 29.1 Å². The molecule has 0 radical (unpaired) electrons. The lowest BCUT2D eigenvalue weighted by Crippen LogP contribution is -2.08. The predicted molar refractivity (Wildman–Crippen MR) is 202 cm³/mol. The van der Waals surface area contributed by atoms with Crippen LogP contribution in [0.3, 0.4) is 0 Å². The molecule has 260 valence electrons. The van der Waals surface area contributed by atoms with Crippen molar-refractivity contribution >= 4 is 0 Å². The zero-order chi connectivity index (χ0) is 36.4. The number of nitrogens with zero attached hydrogens (tertiary/aromatic N) is 10. The maximum Gasteiger partial charge on any atom is 0.163 e. The number of hydrogen-bond acceptors (Lipinski definition) is 10. The highest BCUT2D eigenvalue weighted by molar-refractivity contribution is 5.78. The molecule has 0 unspecified atom stereocenters.